The van der Waals surface area contributed by atoms with Gasteiger partial charge in [0.1, 0.15) is 23.2 Å². The highest BCUT2D eigenvalue weighted by Gasteiger charge is 2.13. The van der Waals surface area contributed by atoms with Crippen molar-refractivity contribution >= 4 is 17.2 Å². The zero-order chi connectivity index (χ0) is 12.1. The third-order valence-electron chi connectivity index (χ3n) is 2.10. The van der Waals surface area contributed by atoms with Crippen LogP contribution < -0.4 is 10.5 Å². The fraction of sp³-hybridized carbons (Fsp3) is 0.364. The Morgan fingerprint density at radius 3 is 2.81 bits per heavy atom. The van der Waals surface area contributed by atoms with E-state index < -0.39 is 5.82 Å². The third-order valence-corrected chi connectivity index (χ3v) is 2.30. The van der Waals surface area contributed by atoms with Crippen LogP contribution in [0.4, 0.5) is 4.39 Å². The fourth-order valence-electron chi connectivity index (χ4n) is 1.14. The van der Waals surface area contributed by atoms with Gasteiger partial charge < -0.3 is 15.2 Å². The lowest BCUT2D eigenvalue weighted by Gasteiger charge is -2.14. The van der Waals surface area contributed by atoms with E-state index in [0.717, 1.165) is 0 Å². The summed E-state index contributed by atoms with van der Waals surface area (Å²) < 4.78 is 23.8. The number of nitrogens with two attached hydrogens (primary N) is 1. The van der Waals surface area contributed by atoms with E-state index in [0.29, 0.717) is 12.4 Å². The summed E-state index contributed by atoms with van der Waals surface area (Å²) in [7, 11) is 1.58. The lowest BCUT2D eigenvalue weighted by Crippen LogP contribution is -2.19. The van der Waals surface area contributed by atoms with Gasteiger partial charge in [-0.3, -0.25) is 0 Å². The van der Waals surface area contributed by atoms with Crippen LogP contribution in [0.25, 0.3) is 0 Å². The van der Waals surface area contributed by atoms with Crippen LogP contribution in [0.15, 0.2) is 18.2 Å². The van der Waals surface area contributed by atoms with Gasteiger partial charge in [-0.25, -0.2) is 4.39 Å². The van der Waals surface area contributed by atoms with Crippen molar-refractivity contribution in [1.82, 2.24) is 0 Å². The van der Waals surface area contributed by atoms with E-state index in [1.54, 1.807) is 19.2 Å². The molecule has 0 bridgehead atoms. The maximum atomic E-state index is 13.4. The number of ether oxygens (including phenoxy) is 2. The average Bonchev–Trinajstić information content (AvgIpc) is 2.25. The van der Waals surface area contributed by atoms with Crippen molar-refractivity contribution < 1.29 is 13.9 Å². The van der Waals surface area contributed by atoms with Gasteiger partial charge in [0.25, 0.3) is 0 Å². The van der Waals surface area contributed by atoms with Crippen LogP contribution in [0, 0.1) is 5.82 Å². The van der Waals surface area contributed by atoms with Gasteiger partial charge in [0.15, 0.2) is 0 Å². The summed E-state index contributed by atoms with van der Waals surface area (Å²) in [5, 5.41) is 0. The molecule has 0 saturated heterocycles. The van der Waals surface area contributed by atoms with Crippen LogP contribution >= 0.6 is 12.2 Å². The molecule has 0 heterocycles. The molecule has 0 aromatic heterocycles. The average molecular weight is 243 g/mol. The predicted molar refractivity (Wildman–Crippen MR) is 64.3 cm³/mol. The molecule has 0 radical (unpaired) electrons. The number of benzene rings is 1. The molecule has 0 amide bonds. The summed E-state index contributed by atoms with van der Waals surface area (Å²) in [5.41, 5.74) is 5.57. The number of hydrogen-bond acceptors (Lipinski definition) is 3. The smallest absolute Gasteiger partial charge is 0.137 e. The summed E-state index contributed by atoms with van der Waals surface area (Å²) in [6.45, 7) is 2.16. The second-order valence-corrected chi connectivity index (χ2v) is 3.77. The SMILES string of the molecule is COC(C)COc1cccc(F)c1C(N)=S. The lowest BCUT2D eigenvalue weighted by atomic mass is 10.2. The molecule has 16 heavy (non-hydrogen) atoms. The maximum Gasteiger partial charge on any atom is 0.137 e. The molecule has 88 valence electrons. The Bertz CT molecular complexity index is 384. The number of rotatable bonds is 5. The van der Waals surface area contributed by atoms with Crippen LogP contribution in [0.3, 0.4) is 0 Å². The van der Waals surface area contributed by atoms with Crippen molar-refractivity contribution in [3.05, 3.63) is 29.6 Å². The summed E-state index contributed by atoms with van der Waals surface area (Å²) in [5.74, 6) is -0.133. The van der Waals surface area contributed by atoms with Crippen molar-refractivity contribution in [1.29, 1.82) is 0 Å². The molecular weight excluding hydrogens is 229 g/mol. The quantitative estimate of drug-likeness (QED) is 0.802. The normalized spacial score (nSPS) is 12.2. The van der Waals surface area contributed by atoms with Crippen molar-refractivity contribution in [2.75, 3.05) is 13.7 Å². The molecule has 5 heteroatoms. The molecule has 1 unspecified atom stereocenters. The van der Waals surface area contributed by atoms with Gasteiger partial charge in [-0.15, -0.1) is 0 Å². The Morgan fingerprint density at radius 2 is 2.25 bits per heavy atom. The van der Waals surface area contributed by atoms with E-state index in [9.17, 15) is 4.39 Å². The van der Waals surface area contributed by atoms with Crippen LogP contribution in [-0.4, -0.2) is 24.8 Å². The molecule has 3 nitrogen and oxygen atoms in total. The van der Waals surface area contributed by atoms with Gasteiger partial charge in [0.05, 0.1) is 11.7 Å². The Morgan fingerprint density at radius 1 is 1.56 bits per heavy atom. The van der Waals surface area contributed by atoms with Gasteiger partial charge in [0, 0.05) is 7.11 Å². The molecule has 1 aromatic rings. The lowest BCUT2D eigenvalue weighted by molar-refractivity contribution is 0.0715. The van der Waals surface area contributed by atoms with Crippen LogP contribution in [0.5, 0.6) is 5.75 Å². The zero-order valence-electron chi connectivity index (χ0n) is 9.20. The highest BCUT2D eigenvalue weighted by molar-refractivity contribution is 7.80. The van der Waals surface area contributed by atoms with Crippen LogP contribution in [-0.2, 0) is 4.74 Å². The maximum absolute atomic E-state index is 13.4. The first-order valence-corrected chi connectivity index (χ1v) is 5.21. The van der Waals surface area contributed by atoms with Crippen molar-refractivity contribution in [2.24, 2.45) is 5.73 Å². The van der Waals surface area contributed by atoms with Gasteiger partial charge in [-0.05, 0) is 19.1 Å². The first kappa shape index (κ1) is 12.9. The standard InChI is InChI=1S/C11H14FNO2S/c1-7(14-2)6-15-9-5-3-4-8(12)10(9)11(13)16/h3-5,7H,6H2,1-2H3,(H2,13,16). The first-order valence-electron chi connectivity index (χ1n) is 4.80. The molecule has 1 atom stereocenters. The highest BCUT2D eigenvalue weighted by Crippen LogP contribution is 2.21. The molecular formula is C11H14FNO2S. The van der Waals surface area contributed by atoms with Gasteiger partial charge in [-0.1, -0.05) is 18.3 Å². The second kappa shape index (κ2) is 5.77. The Labute approximate surface area is 99.3 Å². The number of hydrogen-bond donors (Lipinski definition) is 1. The molecule has 0 aliphatic rings. The highest BCUT2D eigenvalue weighted by atomic mass is 32.1. The Balaban J connectivity index is 2.87. The monoisotopic (exact) mass is 243 g/mol. The predicted octanol–water partition coefficient (Wildman–Crippen LogP) is 1.87. The summed E-state index contributed by atoms with van der Waals surface area (Å²) in [6, 6.07) is 4.46. The van der Waals surface area contributed by atoms with E-state index in [1.165, 1.54) is 6.07 Å². The third kappa shape index (κ3) is 3.15. The molecule has 1 rings (SSSR count). The van der Waals surface area contributed by atoms with E-state index in [4.69, 9.17) is 27.4 Å². The van der Waals surface area contributed by atoms with E-state index in [1.807, 2.05) is 6.92 Å². The summed E-state index contributed by atoms with van der Waals surface area (Å²) >= 11 is 4.77. The van der Waals surface area contributed by atoms with E-state index >= 15 is 0 Å². The van der Waals surface area contributed by atoms with Crippen LogP contribution in [0.1, 0.15) is 12.5 Å². The Hall–Kier alpha value is -1.20. The minimum absolute atomic E-state index is 0.0156. The van der Waals surface area contributed by atoms with Crippen molar-refractivity contribution in [3.8, 4) is 5.75 Å². The first-order chi connectivity index (χ1) is 7.56. The van der Waals surface area contributed by atoms with Crippen molar-refractivity contribution in [3.63, 3.8) is 0 Å². The zero-order valence-corrected chi connectivity index (χ0v) is 10.0. The fourth-order valence-corrected chi connectivity index (χ4v) is 1.34. The Kier molecular flexibility index (Phi) is 4.64. The van der Waals surface area contributed by atoms with Crippen molar-refractivity contribution in [2.45, 2.75) is 13.0 Å². The minimum atomic E-state index is -0.477. The van der Waals surface area contributed by atoms with E-state index in [-0.39, 0.29) is 16.7 Å². The van der Waals surface area contributed by atoms with Gasteiger partial charge >= 0.3 is 0 Å². The topological polar surface area (TPSA) is 44.5 Å². The molecule has 0 aliphatic carbocycles. The number of methoxy groups -OCH3 is 1. The molecule has 2 N–H and O–H groups in total. The number of halogens is 1. The van der Waals surface area contributed by atoms with Gasteiger partial charge in [0.2, 0.25) is 0 Å². The van der Waals surface area contributed by atoms with Crippen LogP contribution in [0.2, 0.25) is 0 Å². The minimum Gasteiger partial charge on any atom is -0.490 e. The molecule has 1 aromatic carbocycles. The van der Waals surface area contributed by atoms with Gasteiger partial charge in [-0.2, -0.15) is 0 Å². The summed E-state index contributed by atoms with van der Waals surface area (Å²) in [6.07, 6.45) is -0.0811. The second-order valence-electron chi connectivity index (χ2n) is 3.33. The molecule has 0 fully saturated rings. The number of thiocarbonyl (C=S) groups is 1. The van der Waals surface area contributed by atoms with E-state index in [2.05, 4.69) is 0 Å². The summed E-state index contributed by atoms with van der Waals surface area (Å²) in [4.78, 5) is -0.0156. The molecule has 0 spiro atoms. The largest absolute Gasteiger partial charge is 0.490 e. The molecule has 0 aliphatic heterocycles. The molecule has 0 saturated carbocycles.